The van der Waals surface area contributed by atoms with Gasteiger partial charge in [0.15, 0.2) is 0 Å². The van der Waals surface area contributed by atoms with Crippen LogP contribution in [0.25, 0.3) is 0 Å². The summed E-state index contributed by atoms with van der Waals surface area (Å²) < 4.78 is 1.85. The van der Waals surface area contributed by atoms with E-state index in [2.05, 4.69) is 36.8 Å². The Balaban J connectivity index is 2.02. The van der Waals surface area contributed by atoms with Gasteiger partial charge in [0, 0.05) is 27.8 Å². The molecule has 25 heavy (non-hydrogen) atoms. The molecule has 126 valence electrons. The summed E-state index contributed by atoms with van der Waals surface area (Å²) in [7, 11) is 0. The zero-order valence-electron chi connectivity index (χ0n) is 13.7. The topological polar surface area (TPSA) is 30.0 Å². The summed E-state index contributed by atoms with van der Waals surface area (Å²) in [6.45, 7) is 2.05. The molecule has 0 aliphatic rings. The van der Waals surface area contributed by atoms with Crippen LogP contribution in [-0.2, 0) is 11.2 Å². The normalized spacial score (nSPS) is 12.0. The molecule has 0 aliphatic carbocycles. The highest BCUT2D eigenvalue weighted by molar-refractivity contribution is 9.10. The first-order valence-electron chi connectivity index (χ1n) is 7.98. The average Bonchev–Trinajstić information content (AvgIpc) is 2.57. The number of benzene rings is 2. The van der Waals surface area contributed by atoms with Gasteiger partial charge in [0.25, 0.3) is 0 Å². The van der Waals surface area contributed by atoms with E-state index >= 15 is 0 Å². The van der Waals surface area contributed by atoms with E-state index < -0.39 is 0 Å². The monoisotopic (exact) mass is 457 g/mol. The van der Waals surface area contributed by atoms with E-state index in [0.717, 1.165) is 31.2 Å². The molecule has 0 radical (unpaired) electrons. The summed E-state index contributed by atoms with van der Waals surface area (Å²) in [6.07, 6.45) is 3.82. The molecule has 2 nitrogen and oxygen atoms in total. The van der Waals surface area contributed by atoms with Crippen molar-refractivity contribution in [3.05, 3.63) is 98.2 Å². The zero-order chi connectivity index (χ0) is 17.8. The van der Waals surface area contributed by atoms with Crippen molar-refractivity contribution in [2.75, 3.05) is 0 Å². The molecule has 1 heterocycles. The van der Waals surface area contributed by atoms with Crippen molar-refractivity contribution in [3.8, 4) is 0 Å². The molecule has 3 aromatic rings. The maximum atomic E-state index is 13.2. The first-order chi connectivity index (χ1) is 12.0. The van der Waals surface area contributed by atoms with Gasteiger partial charge in [-0.2, -0.15) is 0 Å². The van der Waals surface area contributed by atoms with Crippen LogP contribution in [0.1, 0.15) is 28.2 Å². The third-order valence-electron chi connectivity index (χ3n) is 4.14. The number of pyridine rings is 1. The first kappa shape index (κ1) is 18.0. The molecule has 0 fully saturated rings. The smallest absolute Gasteiger partial charge is 0.149 e. The standard InChI is InChI=1S/C21H17Br2NO/c1-14-5-2-3-8-19(14)21(16-6-4-7-17(22)11-16)20(25)10-15-9-18(23)13-24-12-15/h2-9,11-13,21H,10H2,1H3. The Morgan fingerprint density at radius 3 is 2.52 bits per heavy atom. The van der Waals surface area contributed by atoms with Gasteiger partial charge in [-0.1, -0.05) is 52.3 Å². The molecule has 0 amide bonds. The van der Waals surface area contributed by atoms with Gasteiger partial charge in [-0.05, 0) is 63.3 Å². The van der Waals surface area contributed by atoms with Crippen LogP contribution >= 0.6 is 31.9 Å². The highest BCUT2D eigenvalue weighted by atomic mass is 79.9. The summed E-state index contributed by atoms with van der Waals surface area (Å²) in [5.74, 6) is -0.134. The molecule has 0 saturated heterocycles. The number of rotatable bonds is 5. The van der Waals surface area contributed by atoms with Gasteiger partial charge in [-0.3, -0.25) is 9.78 Å². The predicted molar refractivity (Wildman–Crippen MR) is 108 cm³/mol. The number of ketones is 1. The summed E-state index contributed by atoms with van der Waals surface area (Å²) in [6, 6.07) is 18.0. The van der Waals surface area contributed by atoms with Gasteiger partial charge in [0.2, 0.25) is 0 Å². The van der Waals surface area contributed by atoms with Gasteiger partial charge < -0.3 is 0 Å². The molecule has 4 heteroatoms. The summed E-state index contributed by atoms with van der Waals surface area (Å²) in [5.41, 5.74) is 4.08. The fourth-order valence-electron chi connectivity index (χ4n) is 2.99. The number of carbonyl (C=O) groups is 1. The lowest BCUT2D eigenvalue weighted by Gasteiger charge is -2.19. The Bertz CT molecular complexity index is 908. The molecule has 0 saturated carbocycles. The molecule has 1 atom stereocenters. The van der Waals surface area contributed by atoms with E-state index in [0.29, 0.717) is 6.42 Å². The van der Waals surface area contributed by atoms with Crippen LogP contribution in [0.15, 0.2) is 75.9 Å². The minimum atomic E-state index is -0.294. The van der Waals surface area contributed by atoms with E-state index in [-0.39, 0.29) is 11.7 Å². The van der Waals surface area contributed by atoms with Crippen molar-refractivity contribution in [2.24, 2.45) is 0 Å². The van der Waals surface area contributed by atoms with Crippen molar-refractivity contribution in [2.45, 2.75) is 19.3 Å². The van der Waals surface area contributed by atoms with Crippen molar-refractivity contribution in [3.63, 3.8) is 0 Å². The number of carbonyl (C=O) groups excluding carboxylic acids is 1. The lowest BCUT2D eigenvalue weighted by molar-refractivity contribution is -0.119. The number of nitrogens with zero attached hydrogens (tertiary/aromatic N) is 1. The second-order valence-corrected chi connectivity index (χ2v) is 7.83. The van der Waals surface area contributed by atoms with E-state index in [4.69, 9.17) is 0 Å². The number of halogens is 2. The SMILES string of the molecule is Cc1ccccc1C(C(=O)Cc1cncc(Br)c1)c1cccc(Br)c1. The van der Waals surface area contributed by atoms with Gasteiger partial charge >= 0.3 is 0 Å². The molecule has 3 rings (SSSR count). The van der Waals surface area contributed by atoms with Crippen LogP contribution in [0.4, 0.5) is 0 Å². The van der Waals surface area contributed by atoms with Gasteiger partial charge in [-0.25, -0.2) is 0 Å². The Labute approximate surface area is 164 Å². The molecular formula is C21H17Br2NO. The summed E-state index contributed by atoms with van der Waals surface area (Å²) in [4.78, 5) is 17.4. The molecule has 0 spiro atoms. The van der Waals surface area contributed by atoms with Crippen LogP contribution in [0, 0.1) is 6.92 Å². The van der Waals surface area contributed by atoms with E-state index in [1.165, 1.54) is 0 Å². The molecule has 0 bridgehead atoms. The molecule has 0 aliphatic heterocycles. The van der Waals surface area contributed by atoms with Crippen molar-refractivity contribution in [1.82, 2.24) is 4.98 Å². The van der Waals surface area contributed by atoms with Crippen LogP contribution in [0.2, 0.25) is 0 Å². The van der Waals surface area contributed by atoms with Gasteiger partial charge in [0.1, 0.15) is 5.78 Å². The number of hydrogen-bond acceptors (Lipinski definition) is 2. The lowest BCUT2D eigenvalue weighted by Crippen LogP contribution is -2.17. The van der Waals surface area contributed by atoms with E-state index in [9.17, 15) is 4.79 Å². The van der Waals surface area contributed by atoms with Crippen LogP contribution in [0.3, 0.4) is 0 Å². The first-order valence-corrected chi connectivity index (χ1v) is 9.56. The minimum Gasteiger partial charge on any atom is -0.298 e. The largest absolute Gasteiger partial charge is 0.298 e. The quantitative estimate of drug-likeness (QED) is 0.479. The van der Waals surface area contributed by atoms with Crippen LogP contribution < -0.4 is 0 Å². The van der Waals surface area contributed by atoms with E-state index in [1.54, 1.807) is 12.4 Å². The maximum absolute atomic E-state index is 13.2. The highest BCUT2D eigenvalue weighted by Crippen LogP contribution is 2.31. The fourth-order valence-corrected chi connectivity index (χ4v) is 3.82. The second-order valence-electron chi connectivity index (χ2n) is 6.00. The summed E-state index contributed by atoms with van der Waals surface area (Å²) >= 11 is 6.94. The Hall–Kier alpha value is -1.78. The van der Waals surface area contributed by atoms with Crippen molar-refractivity contribution < 1.29 is 4.79 Å². The molecule has 1 aromatic heterocycles. The highest BCUT2D eigenvalue weighted by Gasteiger charge is 2.24. The summed E-state index contributed by atoms with van der Waals surface area (Å²) in [5, 5.41) is 0. The number of hydrogen-bond donors (Lipinski definition) is 0. The third-order valence-corrected chi connectivity index (χ3v) is 5.07. The Morgan fingerprint density at radius 1 is 1.00 bits per heavy atom. The number of aromatic nitrogens is 1. The Morgan fingerprint density at radius 2 is 1.80 bits per heavy atom. The lowest BCUT2D eigenvalue weighted by atomic mass is 9.83. The second kappa shape index (κ2) is 8.07. The van der Waals surface area contributed by atoms with Crippen molar-refractivity contribution >= 4 is 37.6 Å². The molecule has 1 unspecified atom stereocenters. The number of aryl methyl sites for hydroxylation is 1. The van der Waals surface area contributed by atoms with E-state index in [1.807, 2.05) is 61.5 Å². The van der Waals surface area contributed by atoms with Crippen LogP contribution in [0.5, 0.6) is 0 Å². The maximum Gasteiger partial charge on any atom is 0.149 e. The van der Waals surface area contributed by atoms with Gasteiger partial charge in [0.05, 0.1) is 5.92 Å². The van der Waals surface area contributed by atoms with Crippen molar-refractivity contribution in [1.29, 1.82) is 0 Å². The minimum absolute atomic E-state index is 0.160. The molecular weight excluding hydrogens is 442 g/mol. The molecule has 0 N–H and O–H groups in total. The fraction of sp³-hybridized carbons (Fsp3) is 0.143. The number of Topliss-reactive ketones (excluding diaryl/α,β-unsaturated/α-hetero) is 1. The van der Waals surface area contributed by atoms with Gasteiger partial charge in [-0.15, -0.1) is 0 Å². The zero-order valence-corrected chi connectivity index (χ0v) is 16.9. The van der Waals surface area contributed by atoms with Crippen LogP contribution in [-0.4, -0.2) is 10.8 Å². The molecule has 2 aromatic carbocycles. The average molecular weight is 459 g/mol. The predicted octanol–water partition coefficient (Wildman–Crippen LogP) is 5.86. The Kier molecular flexibility index (Phi) is 5.82. The third kappa shape index (κ3) is 4.44.